The van der Waals surface area contributed by atoms with Crippen LogP contribution in [0.5, 0.6) is 0 Å². The maximum absolute atomic E-state index is 6.07. The van der Waals surface area contributed by atoms with Crippen molar-refractivity contribution in [3.05, 3.63) is 11.9 Å². The zero-order chi connectivity index (χ0) is 14.9. The summed E-state index contributed by atoms with van der Waals surface area (Å²) in [6.07, 6.45) is 5.96. The number of likely N-dealkylation sites (tertiary alicyclic amines) is 1. The highest BCUT2D eigenvalue weighted by atomic mass is 32.2. The van der Waals surface area contributed by atoms with Crippen molar-refractivity contribution >= 4 is 11.8 Å². The van der Waals surface area contributed by atoms with Crippen LogP contribution >= 0.6 is 11.8 Å². The van der Waals surface area contributed by atoms with E-state index in [2.05, 4.69) is 27.0 Å². The molecule has 1 aromatic heterocycles. The zero-order valence-corrected chi connectivity index (χ0v) is 14.0. The van der Waals surface area contributed by atoms with Gasteiger partial charge in [-0.05, 0) is 57.9 Å². The molecule has 2 saturated heterocycles. The molecular weight excluding hydrogens is 282 g/mol. The number of rotatable bonds is 4. The minimum Gasteiger partial charge on any atom is -0.320 e. The van der Waals surface area contributed by atoms with Crippen LogP contribution in [0.2, 0.25) is 0 Å². The van der Waals surface area contributed by atoms with Crippen molar-refractivity contribution in [2.45, 2.75) is 51.2 Å². The van der Waals surface area contributed by atoms with Gasteiger partial charge in [0.1, 0.15) is 5.69 Å². The van der Waals surface area contributed by atoms with Crippen molar-refractivity contribution in [1.29, 1.82) is 0 Å². The van der Waals surface area contributed by atoms with Gasteiger partial charge in [0.2, 0.25) is 0 Å². The first-order valence-corrected chi connectivity index (χ1v) is 9.19. The van der Waals surface area contributed by atoms with Gasteiger partial charge in [-0.2, -0.15) is 11.8 Å². The van der Waals surface area contributed by atoms with E-state index >= 15 is 0 Å². The highest BCUT2D eigenvalue weighted by Gasteiger charge is 2.28. The fraction of sp³-hybridized carbons (Fsp3) is 0.867. The molecule has 0 aromatic carbocycles. The second kappa shape index (κ2) is 6.26. The lowest BCUT2D eigenvalue weighted by atomic mass is 9.95. The van der Waals surface area contributed by atoms with Gasteiger partial charge >= 0.3 is 0 Å². The minimum atomic E-state index is -0.401. The Labute approximate surface area is 131 Å². The number of thioether (sulfide) groups is 1. The van der Waals surface area contributed by atoms with Gasteiger partial charge in [0.05, 0.1) is 11.7 Å². The van der Waals surface area contributed by atoms with Crippen LogP contribution in [0.1, 0.15) is 38.8 Å². The van der Waals surface area contributed by atoms with Crippen molar-refractivity contribution in [3.8, 4) is 0 Å². The van der Waals surface area contributed by atoms with E-state index in [1.807, 2.05) is 24.7 Å². The Morgan fingerprint density at radius 2 is 2.10 bits per heavy atom. The molecule has 21 heavy (non-hydrogen) atoms. The Morgan fingerprint density at radius 3 is 2.67 bits per heavy atom. The summed E-state index contributed by atoms with van der Waals surface area (Å²) < 4.78 is 1.98. The normalized spacial score (nSPS) is 25.6. The third-order valence-corrected chi connectivity index (χ3v) is 5.86. The molecule has 0 saturated carbocycles. The van der Waals surface area contributed by atoms with Gasteiger partial charge in [0.25, 0.3) is 0 Å². The number of hydrogen-bond acceptors (Lipinski definition) is 5. The second-order valence-electron chi connectivity index (χ2n) is 7.04. The Balaban J connectivity index is 1.50. The van der Waals surface area contributed by atoms with Gasteiger partial charge < -0.3 is 5.73 Å². The predicted octanol–water partition coefficient (Wildman–Crippen LogP) is 1.69. The lowest BCUT2D eigenvalue weighted by molar-refractivity contribution is 0.134. The van der Waals surface area contributed by atoms with Crippen molar-refractivity contribution in [2.24, 2.45) is 11.7 Å². The summed E-state index contributed by atoms with van der Waals surface area (Å²) in [6.45, 7) is 7.43. The molecule has 0 spiro atoms. The largest absolute Gasteiger partial charge is 0.320 e. The van der Waals surface area contributed by atoms with E-state index in [9.17, 15) is 0 Å². The molecule has 2 aliphatic rings. The van der Waals surface area contributed by atoms with Crippen molar-refractivity contribution in [1.82, 2.24) is 19.9 Å². The highest BCUT2D eigenvalue weighted by molar-refractivity contribution is 7.99. The molecule has 3 heterocycles. The number of hydrogen-bond donors (Lipinski definition) is 1. The molecule has 1 aromatic rings. The maximum atomic E-state index is 6.07. The molecule has 2 N–H and O–H groups in total. The third kappa shape index (κ3) is 3.79. The van der Waals surface area contributed by atoms with Crippen molar-refractivity contribution in [2.75, 3.05) is 24.6 Å². The van der Waals surface area contributed by atoms with Gasteiger partial charge in [-0.3, -0.25) is 9.58 Å². The Kier molecular flexibility index (Phi) is 4.57. The quantitative estimate of drug-likeness (QED) is 0.917. The molecule has 0 aliphatic carbocycles. The van der Waals surface area contributed by atoms with Gasteiger partial charge in [-0.1, -0.05) is 5.21 Å². The average molecular weight is 309 g/mol. The topological polar surface area (TPSA) is 60.0 Å². The van der Waals surface area contributed by atoms with E-state index < -0.39 is 5.54 Å². The average Bonchev–Trinajstić information content (AvgIpc) is 3.09. The summed E-state index contributed by atoms with van der Waals surface area (Å²) >= 11 is 2.11. The molecule has 0 radical (unpaired) electrons. The van der Waals surface area contributed by atoms with E-state index in [0.717, 1.165) is 24.2 Å². The lowest BCUT2D eigenvalue weighted by Crippen LogP contribution is -2.42. The van der Waals surface area contributed by atoms with Crippen LogP contribution < -0.4 is 5.73 Å². The van der Waals surface area contributed by atoms with Gasteiger partial charge in [-0.15, -0.1) is 5.10 Å². The SMILES string of the molecule is CC(C)(N)c1cn(CC2CCN(C3CCSC3)CC2)nn1. The van der Waals surface area contributed by atoms with E-state index in [1.165, 1.54) is 43.9 Å². The Bertz CT molecular complexity index is 453. The number of nitrogens with two attached hydrogens (primary N) is 1. The van der Waals surface area contributed by atoms with E-state index in [-0.39, 0.29) is 0 Å². The fourth-order valence-corrected chi connectivity index (χ4v) is 4.51. The highest BCUT2D eigenvalue weighted by Crippen LogP contribution is 2.27. The summed E-state index contributed by atoms with van der Waals surface area (Å²) in [6, 6.07) is 0.840. The lowest BCUT2D eigenvalue weighted by Gasteiger charge is -2.35. The van der Waals surface area contributed by atoms with Crippen LogP contribution in [0, 0.1) is 5.92 Å². The maximum Gasteiger partial charge on any atom is 0.102 e. The van der Waals surface area contributed by atoms with Crippen LogP contribution in [0.15, 0.2) is 6.20 Å². The predicted molar refractivity (Wildman–Crippen MR) is 87.3 cm³/mol. The first kappa shape index (κ1) is 15.3. The molecule has 5 nitrogen and oxygen atoms in total. The molecule has 0 bridgehead atoms. The van der Waals surface area contributed by atoms with Crippen molar-refractivity contribution in [3.63, 3.8) is 0 Å². The molecule has 6 heteroatoms. The monoisotopic (exact) mass is 309 g/mol. The third-order valence-electron chi connectivity index (χ3n) is 4.72. The summed E-state index contributed by atoms with van der Waals surface area (Å²) in [4.78, 5) is 2.70. The number of piperidine rings is 1. The van der Waals surface area contributed by atoms with E-state index in [1.54, 1.807) is 0 Å². The Morgan fingerprint density at radius 1 is 1.33 bits per heavy atom. The number of aromatic nitrogens is 3. The molecule has 3 rings (SSSR count). The summed E-state index contributed by atoms with van der Waals surface area (Å²) in [5.74, 6) is 3.41. The molecule has 118 valence electrons. The van der Waals surface area contributed by atoms with Crippen LogP contribution in [0.3, 0.4) is 0 Å². The second-order valence-corrected chi connectivity index (χ2v) is 8.19. The summed E-state index contributed by atoms with van der Waals surface area (Å²) in [5, 5.41) is 8.45. The number of nitrogens with zero attached hydrogens (tertiary/aromatic N) is 4. The van der Waals surface area contributed by atoms with E-state index in [0.29, 0.717) is 0 Å². The summed E-state index contributed by atoms with van der Waals surface area (Å²) in [7, 11) is 0. The molecule has 0 amide bonds. The first-order chi connectivity index (χ1) is 10.0. The smallest absolute Gasteiger partial charge is 0.102 e. The molecule has 1 unspecified atom stereocenters. The molecular formula is C15H27N5S. The van der Waals surface area contributed by atoms with E-state index in [4.69, 9.17) is 5.73 Å². The molecule has 1 atom stereocenters. The standard InChI is InChI=1S/C15H27N5S/c1-15(2,16)14-10-20(18-17-14)9-12-3-6-19(7-4-12)13-5-8-21-11-13/h10,12-13H,3-9,11,16H2,1-2H3. The Hall–Kier alpha value is -0.590. The fourth-order valence-electron chi connectivity index (χ4n) is 3.26. The van der Waals surface area contributed by atoms with Gasteiger partial charge in [-0.25, -0.2) is 0 Å². The summed E-state index contributed by atoms with van der Waals surface area (Å²) in [5.41, 5.74) is 6.54. The molecule has 2 fully saturated rings. The van der Waals surface area contributed by atoms with Crippen LogP contribution in [0.25, 0.3) is 0 Å². The zero-order valence-electron chi connectivity index (χ0n) is 13.2. The molecule has 2 aliphatic heterocycles. The van der Waals surface area contributed by atoms with Gasteiger partial charge in [0, 0.05) is 18.3 Å². The van der Waals surface area contributed by atoms with Crippen LogP contribution in [-0.2, 0) is 12.1 Å². The van der Waals surface area contributed by atoms with Crippen LogP contribution in [-0.4, -0.2) is 50.5 Å². The van der Waals surface area contributed by atoms with Crippen LogP contribution in [0.4, 0.5) is 0 Å². The van der Waals surface area contributed by atoms with Crippen molar-refractivity contribution < 1.29 is 0 Å². The first-order valence-electron chi connectivity index (χ1n) is 8.03. The minimum absolute atomic E-state index is 0.401. The van der Waals surface area contributed by atoms with Gasteiger partial charge in [0.15, 0.2) is 0 Å².